The first kappa shape index (κ1) is 17.2. The van der Waals surface area contributed by atoms with Gasteiger partial charge in [-0.2, -0.15) is 5.10 Å². The lowest BCUT2D eigenvalue weighted by molar-refractivity contribution is 0.780. The van der Waals surface area contributed by atoms with Crippen molar-refractivity contribution in [3.05, 3.63) is 61.6 Å². The van der Waals surface area contributed by atoms with Crippen LogP contribution in [0.1, 0.15) is 18.4 Å². The van der Waals surface area contributed by atoms with Crippen LogP contribution in [-0.2, 0) is 6.42 Å². The second kappa shape index (κ2) is 7.17. The zero-order valence-electron chi connectivity index (χ0n) is 13.4. The van der Waals surface area contributed by atoms with Crippen molar-refractivity contribution in [2.24, 2.45) is 0 Å². The number of nitrogens with one attached hydrogen (secondary N) is 1. The Morgan fingerprint density at radius 2 is 1.84 bits per heavy atom. The topological polar surface area (TPSA) is 29.9 Å². The summed E-state index contributed by atoms with van der Waals surface area (Å²) < 4.78 is 3.12. The van der Waals surface area contributed by atoms with Gasteiger partial charge in [0.1, 0.15) is 5.82 Å². The van der Waals surface area contributed by atoms with Crippen LogP contribution >= 0.6 is 45.8 Å². The molecule has 1 aromatic heterocycles. The van der Waals surface area contributed by atoms with E-state index in [1.165, 1.54) is 9.13 Å². The van der Waals surface area contributed by atoms with Gasteiger partial charge in [0.2, 0.25) is 0 Å². The van der Waals surface area contributed by atoms with Crippen molar-refractivity contribution in [3.63, 3.8) is 0 Å². The summed E-state index contributed by atoms with van der Waals surface area (Å²) in [5, 5.41) is 9.51. The minimum absolute atomic E-state index is 0.523. The van der Waals surface area contributed by atoms with E-state index >= 15 is 0 Å². The summed E-state index contributed by atoms with van der Waals surface area (Å²) >= 11 is 15.0. The molecule has 3 aromatic rings. The van der Waals surface area contributed by atoms with Gasteiger partial charge in [-0.05, 0) is 66.1 Å². The Morgan fingerprint density at radius 3 is 2.64 bits per heavy atom. The quantitative estimate of drug-likeness (QED) is 0.440. The van der Waals surface area contributed by atoms with Gasteiger partial charge in [0.25, 0.3) is 0 Å². The SMILES string of the molecule is Clc1cccc(-n2nc(-c3ccc(I)cc3)c3c2NCCCC3)c1Cl. The van der Waals surface area contributed by atoms with Gasteiger partial charge in [-0.1, -0.05) is 41.4 Å². The predicted octanol–water partition coefficient (Wildman–Crippen LogP) is 6.20. The second-order valence-electron chi connectivity index (χ2n) is 6.05. The second-order valence-corrected chi connectivity index (χ2v) is 8.08. The zero-order chi connectivity index (χ0) is 17.4. The highest BCUT2D eigenvalue weighted by Gasteiger charge is 2.23. The summed E-state index contributed by atoms with van der Waals surface area (Å²) in [7, 11) is 0. The molecule has 0 amide bonds. The highest BCUT2D eigenvalue weighted by Crippen LogP contribution is 2.37. The summed E-state index contributed by atoms with van der Waals surface area (Å²) in [5.41, 5.74) is 4.18. The first-order valence-corrected chi connectivity index (χ1v) is 10.0. The Kier molecular flexibility index (Phi) is 4.93. The fourth-order valence-electron chi connectivity index (χ4n) is 3.17. The zero-order valence-corrected chi connectivity index (χ0v) is 17.1. The normalized spacial score (nSPS) is 13.9. The summed E-state index contributed by atoms with van der Waals surface area (Å²) in [5.74, 6) is 1.02. The first-order chi connectivity index (χ1) is 12.1. The lowest BCUT2D eigenvalue weighted by atomic mass is 10.0. The number of hydrogen-bond acceptors (Lipinski definition) is 2. The summed E-state index contributed by atoms with van der Waals surface area (Å²) in [4.78, 5) is 0. The van der Waals surface area contributed by atoms with E-state index in [1.54, 1.807) is 6.07 Å². The van der Waals surface area contributed by atoms with Crippen molar-refractivity contribution < 1.29 is 0 Å². The van der Waals surface area contributed by atoms with Crippen LogP contribution in [-0.4, -0.2) is 16.3 Å². The first-order valence-electron chi connectivity index (χ1n) is 8.21. The van der Waals surface area contributed by atoms with E-state index < -0.39 is 0 Å². The van der Waals surface area contributed by atoms with E-state index in [4.69, 9.17) is 28.3 Å². The van der Waals surface area contributed by atoms with E-state index in [2.05, 4.69) is 52.2 Å². The average Bonchev–Trinajstić information content (AvgIpc) is 2.80. The molecule has 1 aliphatic heterocycles. The molecule has 0 spiro atoms. The predicted molar refractivity (Wildman–Crippen MR) is 113 cm³/mol. The maximum atomic E-state index is 6.47. The van der Waals surface area contributed by atoms with Crippen molar-refractivity contribution in [1.29, 1.82) is 0 Å². The van der Waals surface area contributed by atoms with E-state index in [0.29, 0.717) is 10.0 Å². The Balaban J connectivity index is 1.93. The maximum absolute atomic E-state index is 6.47. The lowest BCUT2D eigenvalue weighted by Crippen LogP contribution is -2.07. The molecular formula is C19H16Cl2IN3. The van der Waals surface area contributed by atoms with Gasteiger partial charge >= 0.3 is 0 Å². The van der Waals surface area contributed by atoms with E-state index in [1.807, 2.05) is 16.8 Å². The van der Waals surface area contributed by atoms with Gasteiger partial charge < -0.3 is 5.32 Å². The fraction of sp³-hybridized carbons (Fsp3) is 0.211. The molecule has 2 heterocycles. The molecule has 1 N–H and O–H groups in total. The average molecular weight is 484 g/mol. The Labute approximate surface area is 170 Å². The van der Waals surface area contributed by atoms with Gasteiger partial charge in [-0.15, -0.1) is 0 Å². The third-order valence-electron chi connectivity index (χ3n) is 4.41. The highest BCUT2D eigenvalue weighted by atomic mass is 127. The van der Waals surface area contributed by atoms with Crippen LogP contribution in [0.15, 0.2) is 42.5 Å². The molecule has 0 radical (unpaired) electrons. The minimum atomic E-state index is 0.523. The third-order valence-corrected chi connectivity index (χ3v) is 5.93. The summed E-state index contributed by atoms with van der Waals surface area (Å²) in [6, 6.07) is 14.1. The molecule has 6 heteroatoms. The number of hydrogen-bond donors (Lipinski definition) is 1. The van der Waals surface area contributed by atoms with Crippen LogP contribution in [0.4, 0.5) is 5.82 Å². The minimum Gasteiger partial charge on any atom is -0.370 e. The van der Waals surface area contributed by atoms with E-state index in [0.717, 1.165) is 48.6 Å². The van der Waals surface area contributed by atoms with Crippen molar-refractivity contribution in [3.8, 4) is 16.9 Å². The van der Waals surface area contributed by atoms with Crippen molar-refractivity contribution in [1.82, 2.24) is 9.78 Å². The molecule has 0 fully saturated rings. The molecule has 0 bridgehead atoms. The number of aromatic nitrogens is 2. The van der Waals surface area contributed by atoms with Gasteiger partial charge in [0.15, 0.2) is 0 Å². The van der Waals surface area contributed by atoms with Crippen molar-refractivity contribution >= 4 is 51.6 Å². The Morgan fingerprint density at radius 1 is 1.04 bits per heavy atom. The molecule has 0 aliphatic carbocycles. The Hall–Kier alpha value is -1.24. The van der Waals surface area contributed by atoms with Crippen molar-refractivity contribution in [2.45, 2.75) is 19.3 Å². The van der Waals surface area contributed by atoms with Gasteiger partial charge in [0.05, 0.1) is 21.4 Å². The largest absolute Gasteiger partial charge is 0.370 e. The number of anilines is 1. The monoisotopic (exact) mass is 483 g/mol. The van der Waals surface area contributed by atoms with Crippen LogP contribution in [0.2, 0.25) is 10.0 Å². The molecule has 25 heavy (non-hydrogen) atoms. The van der Waals surface area contributed by atoms with Crippen LogP contribution in [0.3, 0.4) is 0 Å². The van der Waals surface area contributed by atoms with Crippen LogP contribution in [0, 0.1) is 3.57 Å². The highest BCUT2D eigenvalue weighted by molar-refractivity contribution is 14.1. The van der Waals surface area contributed by atoms with Gasteiger partial charge in [-0.3, -0.25) is 0 Å². The standard InChI is InChI=1S/C19H16Cl2IN3/c20-15-5-3-6-16(17(15)21)25-19-14(4-1-2-11-23-19)18(24-25)12-7-9-13(22)10-8-12/h3,5-10,23H,1-2,4,11H2. The van der Waals surface area contributed by atoms with Gasteiger partial charge in [0, 0.05) is 21.2 Å². The number of benzene rings is 2. The molecular weight excluding hydrogens is 468 g/mol. The summed E-state index contributed by atoms with van der Waals surface area (Å²) in [6.07, 6.45) is 3.29. The smallest absolute Gasteiger partial charge is 0.133 e. The molecule has 0 saturated carbocycles. The number of fused-ring (bicyclic) bond motifs is 1. The van der Waals surface area contributed by atoms with Crippen LogP contribution < -0.4 is 5.32 Å². The molecule has 3 nitrogen and oxygen atoms in total. The third kappa shape index (κ3) is 3.27. The molecule has 4 rings (SSSR count). The molecule has 0 saturated heterocycles. The van der Waals surface area contributed by atoms with Crippen LogP contribution in [0.25, 0.3) is 16.9 Å². The van der Waals surface area contributed by atoms with Crippen molar-refractivity contribution in [2.75, 3.05) is 11.9 Å². The van der Waals surface area contributed by atoms with E-state index in [-0.39, 0.29) is 0 Å². The summed E-state index contributed by atoms with van der Waals surface area (Å²) in [6.45, 7) is 0.934. The number of halogens is 3. The van der Waals surface area contributed by atoms with Crippen LogP contribution in [0.5, 0.6) is 0 Å². The molecule has 128 valence electrons. The lowest BCUT2D eigenvalue weighted by Gasteiger charge is -2.11. The Bertz CT molecular complexity index is 919. The number of rotatable bonds is 2. The van der Waals surface area contributed by atoms with E-state index in [9.17, 15) is 0 Å². The molecule has 0 atom stereocenters. The molecule has 1 aliphatic rings. The molecule has 0 unspecified atom stereocenters. The number of nitrogens with zero attached hydrogens (tertiary/aromatic N) is 2. The van der Waals surface area contributed by atoms with Gasteiger partial charge in [-0.25, -0.2) is 4.68 Å². The molecule has 2 aromatic carbocycles. The maximum Gasteiger partial charge on any atom is 0.133 e. The fourth-order valence-corrected chi connectivity index (χ4v) is 3.91.